The standard InChI is InChI=1S/C29H23N3O4S/c1-20(22-7-3-2-4-8-22)32(37(35,36)26-16-13-23-9-5-6-10-24(23)17-26)27-18-28(33)31(29(27)34)25-14-11-21(19-30)12-15-25/h2-17,20,27H,18H2,1H3. The van der Waals surface area contributed by atoms with Crippen LogP contribution in [0.4, 0.5) is 5.69 Å². The van der Waals surface area contributed by atoms with Crippen LogP contribution in [0.25, 0.3) is 10.8 Å². The molecule has 0 radical (unpaired) electrons. The second kappa shape index (κ2) is 9.62. The summed E-state index contributed by atoms with van der Waals surface area (Å²) in [5, 5.41) is 10.7. The number of rotatable bonds is 6. The summed E-state index contributed by atoms with van der Waals surface area (Å²) in [5.74, 6) is -1.12. The molecule has 1 fully saturated rings. The highest BCUT2D eigenvalue weighted by molar-refractivity contribution is 7.89. The van der Waals surface area contributed by atoms with Gasteiger partial charge in [0.2, 0.25) is 15.9 Å². The monoisotopic (exact) mass is 509 g/mol. The zero-order chi connectivity index (χ0) is 26.2. The molecule has 1 aliphatic heterocycles. The molecular weight excluding hydrogens is 486 g/mol. The Morgan fingerprint density at radius 1 is 0.892 bits per heavy atom. The normalized spacial score (nSPS) is 16.8. The first-order valence-corrected chi connectivity index (χ1v) is 13.2. The lowest BCUT2D eigenvalue weighted by molar-refractivity contribution is -0.122. The van der Waals surface area contributed by atoms with E-state index in [4.69, 9.17) is 5.26 Å². The van der Waals surface area contributed by atoms with Gasteiger partial charge in [-0.3, -0.25) is 9.59 Å². The van der Waals surface area contributed by atoms with Gasteiger partial charge in [0.25, 0.3) is 5.91 Å². The predicted molar refractivity (Wildman–Crippen MR) is 140 cm³/mol. The molecular formula is C29H23N3O4S. The third kappa shape index (κ3) is 4.40. The maximum Gasteiger partial charge on any atom is 0.252 e. The molecule has 4 aromatic rings. The van der Waals surface area contributed by atoms with E-state index in [9.17, 15) is 18.0 Å². The summed E-state index contributed by atoms with van der Waals surface area (Å²) in [6.07, 6.45) is -0.289. The first-order valence-electron chi connectivity index (χ1n) is 11.8. The zero-order valence-electron chi connectivity index (χ0n) is 20.0. The van der Waals surface area contributed by atoms with Crippen LogP contribution >= 0.6 is 0 Å². The molecule has 5 rings (SSSR count). The summed E-state index contributed by atoms with van der Waals surface area (Å²) >= 11 is 0. The Morgan fingerprint density at radius 3 is 2.22 bits per heavy atom. The molecule has 8 heteroatoms. The van der Waals surface area contributed by atoms with Crippen molar-refractivity contribution in [3.63, 3.8) is 0 Å². The summed E-state index contributed by atoms with van der Waals surface area (Å²) in [6, 6.07) is 27.4. The van der Waals surface area contributed by atoms with Gasteiger partial charge in [-0.25, -0.2) is 13.3 Å². The largest absolute Gasteiger partial charge is 0.274 e. The van der Waals surface area contributed by atoms with Crippen LogP contribution in [0.3, 0.4) is 0 Å². The molecule has 37 heavy (non-hydrogen) atoms. The number of carbonyl (C=O) groups is 2. The van der Waals surface area contributed by atoms with Gasteiger partial charge >= 0.3 is 0 Å². The molecule has 4 aromatic carbocycles. The molecule has 2 unspecified atom stereocenters. The molecule has 0 spiro atoms. The van der Waals surface area contributed by atoms with Crippen molar-refractivity contribution >= 4 is 38.3 Å². The maximum absolute atomic E-state index is 14.2. The highest BCUT2D eigenvalue weighted by atomic mass is 32.2. The number of nitrogens with zero attached hydrogens (tertiary/aromatic N) is 3. The number of anilines is 1. The lowest BCUT2D eigenvalue weighted by Gasteiger charge is -2.32. The lowest BCUT2D eigenvalue weighted by atomic mass is 10.1. The average molecular weight is 510 g/mol. The average Bonchev–Trinajstić information content (AvgIpc) is 3.21. The van der Waals surface area contributed by atoms with Gasteiger partial charge in [0, 0.05) is 6.04 Å². The van der Waals surface area contributed by atoms with Gasteiger partial charge < -0.3 is 0 Å². The molecule has 0 aliphatic carbocycles. The van der Waals surface area contributed by atoms with Gasteiger partial charge in [0.15, 0.2) is 0 Å². The van der Waals surface area contributed by atoms with Crippen LogP contribution in [0.2, 0.25) is 0 Å². The van der Waals surface area contributed by atoms with Crippen molar-refractivity contribution in [1.29, 1.82) is 5.26 Å². The van der Waals surface area contributed by atoms with Gasteiger partial charge in [-0.15, -0.1) is 0 Å². The predicted octanol–water partition coefficient (Wildman–Crippen LogP) is 4.80. The van der Waals surface area contributed by atoms with E-state index < -0.39 is 33.9 Å². The fourth-order valence-corrected chi connectivity index (χ4v) is 6.54. The third-order valence-corrected chi connectivity index (χ3v) is 8.62. The molecule has 0 N–H and O–H groups in total. The van der Waals surface area contributed by atoms with Gasteiger partial charge in [-0.2, -0.15) is 9.57 Å². The van der Waals surface area contributed by atoms with E-state index in [0.717, 1.165) is 20.0 Å². The van der Waals surface area contributed by atoms with Gasteiger partial charge in [0.05, 0.1) is 28.6 Å². The Bertz CT molecular complexity index is 1640. The van der Waals surface area contributed by atoms with E-state index in [0.29, 0.717) is 16.8 Å². The van der Waals surface area contributed by atoms with Gasteiger partial charge in [-0.05, 0) is 59.7 Å². The van der Waals surface area contributed by atoms with Gasteiger partial charge in [-0.1, -0.05) is 60.7 Å². The Hall–Kier alpha value is -4.32. The van der Waals surface area contributed by atoms with E-state index in [1.165, 1.54) is 30.3 Å². The van der Waals surface area contributed by atoms with Crippen molar-refractivity contribution in [1.82, 2.24) is 4.31 Å². The van der Waals surface area contributed by atoms with Crippen LogP contribution in [-0.2, 0) is 19.6 Å². The van der Waals surface area contributed by atoms with Crippen LogP contribution in [-0.4, -0.2) is 30.6 Å². The van der Waals surface area contributed by atoms with E-state index >= 15 is 0 Å². The van der Waals surface area contributed by atoms with Crippen LogP contribution in [0.15, 0.2) is 102 Å². The summed E-state index contributed by atoms with van der Waals surface area (Å²) in [7, 11) is -4.21. The van der Waals surface area contributed by atoms with Crippen molar-refractivity contribution in [3.05, 3.63) is 108 Å². The van der Waals surface area contributed by atoms with E-state index in [1.807, 2.05) is 36.4 Å². The topological polar surface area (TPSA) is 98.5 Å². The first-order chi connectivity index (χ1) is 17.8. The van der Waals surface area contributed by atoms with Crippen molar-refractivity contribution < 1.29 is 18.0 Å². The highest BCUT2D eigenvalue weighted by Gasteiger charge is 2.49. The molecule has 1 aliphatic rings. The number of carbonyl (C=O) groups excluding carboxylic acids is 2. The number of sulfonamides is 1. The summed E-state index contributed by atoms with van der Waals surface area (Å²) in [6.45, 7) is 1.72. The minimum absolute atomic E-state index is 0.0473. The number of hydrogen-bond acceptors (Lipinski definition) is 5. The lowest BCUT2D eigenvalue weighted by Crippen LogP contribution is -2.46. The maximum atomic E-state index is 14.2. The van der Waals surface area contributed by atoms with Crippen molar-refractivity contribution in [2.75, 3.05) is 4.90 Å². The molecule has 0 aromatic heterocycles. The van der Waals surface area contributed by atoms with Crippen LogP contribution in [0.1, 0.15) is 30.5 Å². The highest BCUT2D eigenvalue weighted by Crippen LogP contribution is 2.36. The first kappa shape index (κ1) is 24.4. The number of amides is 2. The van der Waals surface area contributed by atoms with Crippen molar-refractivity contribution in [3.8, 4) is 6.07 Å². The summed E-state index contributed by atoms with van der Waals surface area (Å²) in [4.78, 5) is 27.8. The molecule has 2 amide bonds. The Morgan fingerprint density at radius 2 is 1.54 bits per heavy atom. The van der Waals surface area contributed by atoms with Gasteiger partial charge in [0.1, 0.15) is 6.04 Å². The van der Waals surface area contributed by atoms with Crippen LogP contribution in [0, 0.1) is 11.3 Å². The Kier molecular flexibility index (Phi) is 6.34. The Labute approximate surface area is 215 Å². The second-order valence-electron chi connectivity index (χ2n) is 8.88. The quantitative estimate of drug-likeness (QED) is 0.348. The molecule has 0 bridgehead atoms. The Balaban J connectivity index is 1.60. The SMILES string of the molecule is CC(c1ccccc1)N(C1CC(=O)N(c2ccc(C#N)cc2)C1=O)S(=O)(=O)c1ccc2ccccc2c1. The molecule has 2 atom stereocenters. The second-order valence-corrected chi connectivity index (χ2v) is 10.7. The van der Waals surface area contributed by atoms with Crippen molar-refractivity contribution in [2.24, 2.45) is 0 Å². The van der Waals surface area contributed by atoms with E-state index in [2.05, 4.69) is 0 Å². The fourth-order valence-electron chi connectivity index (χ4n) is 4.74. The molecule has 1 saturated heterocycles. The van der Waals surface area contributed by atoms with Crippen LogP contribution < -0.4 is 4.90 Å². The number of hydrogen-bond donors (Lipinski definition) is 0. The van der Waals surface area contributed by atoms with E-state index in [1.54, 1.807) is 43.3 Å². The molecule has 1 heterocycles. The smallest absolute Gasteiger partial charge is 0.252 e. The number of imide groups is 1. The van der Waals surface area contributed by atoms with Crippen molar-refractivity contribution in [2.45, 2.75) is 30.3 Å². The minimum atomic E-state index is -4.21. The number of fused-ring (bicyclic) bond motifs is 1. The van der Waals surface area contributed by atoms with E-state index in [-0.39, 0.29) is 11.3 Å². The fraction of sp³-hybridized carbons (Fsp3) is 0.138. The minimum Gasteiger partial charge on any atom is -0.274 e. The summed E-state index contributed by atoms with van der Waals surface area (Å²) < 4.78 is 29.5. The summed E-state index contributed by atoms with van der Waals surface area (Å²) in [5.41, 5.74) is 1.38. The van der Waals surface area contributed by atoms with Crippen LogP contribution in [0.5, 0.6) is 0 Å². The number of benzene rings is 4. The number of nitriles is 1. The zero-order valence-corrected chi connectivity index (χ0v) is 20.8. The third-order valence-electron chi connectivity index (χ3n) is 6.64. The molecule has 7 nitrogen and oxygen atoms in total. The molecule has 184 valence electrons. The molecule has 0 saturated carbocycles.